The molecule has 0 atom stereocenters. The van der Waals surface area contributed by atoms with Crippen LogP contribution in [0, 0.1) is 0 Å². The monoisotopic (exact) mass is 237 g/mol. The molecule has 1 N–H and O–H groups in total. The van der Waals surface area contributed by atoms with Crippen molar-refractivity contribution < 1.29 is 9.84 Å². The van der Waals surface area contributed by atoms with E-state index in [1.165, 1.54) is 18.4 Å². The van der Waals surface area contributed by atoms with Crippen molar-refractivity contribution in [1.82, 2.24) is 4.90 Å². The van der Waals surface area contributed by atoms with Gasteiger partial charge in [-0.25, -0.2) is 0 Å². The van der Waals surface area contributed by atoms with Crippen molar-refractivity contribution in [3.8, 4) is 11.5 Å². The maximum Gasteiger partial charge on any atom is 0.160 e. The van der Waals surface area contributed by atoms with Gasteiger partial charge in [-0.05, 0) is 37.2 Å². The minimum absolute atomic E-state index is 0.202. The summed E-state index contributed by atoms with van der Waals surface area (Å²) in [5.74, 6) is 0.752. The van der Waals surface area contributed by atoms with Crippen molar-refractivity contribution in [2.45, 2.75) is 33.2 Å². The van der Waals surface area contributed by atoms with E-state index in [1.807, 2.05) is 12.1 Å². The number of aromatic hydroxyl groups is 1. The van der Waals surface area contributed by atoms with Crippen LogP contribution in [0.15, 0.2) is 18.2 Å². The molecule has 3 heteroatoms. The zero-order valence-electron chi connectivity index (χ0n) is 11.1. The first-order chi connectivity index (χ1) is 8.21. The van der Waals surface area contributed by atoms with E-state index in [9.17, 15) is 5.11 Å². The fraction of sp³-hybridized carbons (Fsp3) is 0.571. The van der Waals surface area contributed by atoms with Gasteiger partial charge in [-0.3, -0.25) is 4.90 Å². The Bertz CT molecular complexity index is 339. The summed E-state index contributed by atoms with van der Waals surface area (Å²) in [5, 5.41) is 9.53. The summed E-state index contributed by atoms with van der Waals surface area (Å²) in [6.45, 7) is 7.46. The van der Waals surface area contributed by atoms with Gasteiger partial charge >= 0.3 is 0 Å². The highest BCUT2D eigenvalue weighted by Gasteiger charge is 2.06. The zero-order chi connectivity index (χ0) is 12.7. The molecule has 1 aromatic carbocycles. The zero-order valence-corrected chi connectivity index (χ0v) is 11.1. The molecule has 0 aliphatic heterocycles. The lowest BCUT2D eigenvalue weighted by molar-refractivity contribution is 0.274. The Morgan fingerprint density at radius 3 is 2.65 bits per heavy atom. The van der Waals surface area contributed by atoms with Gasteiger partial charge in [0.05, 0.1) is 7.11 Å². The number of hydrogen-bond acceptors (Lipinski definition) is 3. The molecule has 0 radical (unpaired) electrons. The Kier molecular flexibility index (Phi) is 5.84. The lowest BCUT2D eigenvalue weighted by Gasteiger charge is -2.20. The highest BCUT2D eigenvalue weighted by molar-refractivity contribution is 5.41. The molecule has 3 nitrogen and oxygen atoms in total. The van der Waals surface area contributed by atoms with Crippen molar-refractivity contribution in [2.24, 2.45) is 0 Å². The molecular formula is C14H23NO2. The van der Waals surface area contributed by atoms with Gasteiger partial charge in [0.1, 0.15) is 0 Å². The molecule has 0 aliphatic carbocycles. The van der Waals surface area contributed by atoms with Gasteiger partial charge in [0.25, 0.3) is 0 Å². The maximum absolute atomic E-state index is 9.53. The number of phenolic OH excluding ortho intramolecular Hbond substituents is 1. The van der Waals surface area contributed by atoms with Crippen molar-refractivity contribution in [2.75, 3.05) is 20.2 Å². The van der Waals surface area contributed by atoms with E-state index < -0.39 is 0 Å². The van der Waals surface area contributed by atoms with E-state index in [4.69, 9.17) is 4.74 Å². The van der Waals surface area contributed by atoms with Crippen LogP contribution in [-0.4, -0.2) is 30.2 Å². The third kappa shape index (κ3) is 4.27. The predicted molar refractivity (Wildman–Crippen MR) is 70.5 cm³/mol. The quantitative estimate of drug-likeness (QED) is 0.791. The molecule has 0 spiro atoms. The summed E-state index contributed by atoms with van der Waals surface area (Å²) in [4.78, 5) is 2.40. The average Bonchev–Trinajstić information content (AvgIpc) is 2.36. The van der Waals surface area contributed by atoms with Crippen LogP contribution in [0.25, 0.3) is 0 Å². The smallest absolute Gasteiger partial charge is 0.160 e. The number of benzene rings is 1. The topological polar surface area (TPSA) is 32.7 Å². The fourth-order valence-electron chi connectivity index (χ4n) is 1.81. The number of hydrogen-bond donors (Lipinski definition) is 1. The minimum Gasteiger partial charge on any atom is -0.504 e. The number of ether oxygens (including phenoxy) is 1. The van der Waals surface area contributed by atoms with Crippen molar-refractivity contribution in [1.29, 1.82) is 0 Å². The van der Waals surface area contributed by atoms with Gasteiger partial charge in [0.15, 0.2) is 11.5 Å². The summed E-state index contributed by atoms with van der Waals surface area (Å²) in [6.07, 6.45) is 2.44. The Morgan fingerprint density at radius 1 is 1.29 bits per heavy atom. The van der Waals surface area contributed by atoms with Gasteiger partial charge in [0.2, 0.25) is 0 Å². The first-order valence-electron chi connectivity index (χ1n) is 6.29. The standard InChI is InChI=1S/C14H23NO2/c1-4-6-9-15(5-2)11-12-7-8-13(16)14(10-12)17-3/h7-8,10,16H,4-6,9,11H2,1-3H3. The first kappa shape index (κ1) is 13.8. The Hall–Kier alpha value is -1.22. The lowest BCUT2D eigenvalue weighted by atomic mass is 10.2. The van der Waals surface area contributed by atoms with Gasteiger partial charge in [-0.2, -0.15) is 0 Å². The van der Waals surface area contributed by atoms with Crippen LogP contribution in [0.2, 0.25) is 0 Å². The van der Waals surface area contributed by atoms with Crippen molar-refractivity contribution in [3.05, 3.63) is 23.8 Å². The molecule has 1 aromatic rings. The molecular weight excluding hydrogens is 214 g/mol. The normalized spacial score (nSPS) is 10.8. The van der Waals surface area contributed by atoms with Gasteiger partial charge in [0, 0.05) is 6.54 Å². The molecule has 0 fully saturated rings. The molecule has 0 unspecified atom stereocenters. The third-order valence-corrected chi connectivity index (χ3v) is 2.93. The van der Waals surface area contributed by atoms with Crippen LogP contribution in [0.3, 0.4) is 0 Å². The molecule has 0 aliphatic rings. The van der Waals surface area contributed by atoms with E-state index in [1.54, 1.807) is 13.2 Å². The average molecular weight is 237 g/mol. The van der Waals surface area contributed by atoms with E-state index in [0.717, 1.165) is 19.6 Å². The molecule has 0 amide bonds. The molecule has 96 valence electrons. The Balaban J connectivity index is 2.65. The summed E-state index contributed by atoms with van der Waals surface area (Å²) in [7, 11) is 1.58. The molecule has 1 rings (SSSR count). The van der Waals surface area contributed by atoms with Gasteiger partial charge in [-0.1, -0.05) is 26.3 Å². The van der Waals surface area contributed by atoms with Crippen LogP contribution in [0.5, 0.6) is 11.5 Å². The van der Waals surface area contributed by atoms with Crippen molar-refractivity contribution >= 4 is 0 Å². The molecule has 17 heavy (non-hydrogen) atoms. The molecule has 0 heterocycles. The third-order valence-electron chi connectivity index (χ3n) is 2.93. The van der Waals surface area contributed by atoms with Crippen LogP contribution in [-0.2, 0) is 6.54 Å². The summed E-state index contributed by atoms with van der Waals surface area (Å²) < 4.78 is 5.11. The number of rotatable bonds is 7. The van der Waals surface area contributed by atoms with Gasteiger partial charge < -0.3 is 9.84 Å². The van der Waals surface area contributed by atoms with E-state index in [2.05, 4.69) is 18.7 Å². The first-order valence-corrected chi connectivity index (χ1v) is 6.29. The second-order valence-corrected chi connectivity index (χ2v) is 4.23. The number of methoxy groups -OCH3 is 1. The van der Waals surface area contributed by atoms with Gasteiger partial charge in [-0.15, -0.1) is 0 Å². The number of phenols is 1. The molecule has 0 saturated carbocycles. The minimum atomic E-state index is 0.202. The fourth-order valence-corrected chi connectivity index (χ4v) is 1.81. The Labute approximate surface area is 104 Å². The predicted octanol–water partition coefficient (Wildman–Crippen LogP) is 3.02. The van der Waals surface area contributed by atoms with Crippen molar-refractivity contribution in [3.63, 3.8) is 0 Å². The number of unbranched alkanes of at least 4 members (excludes halogenated alkanes) is 1. The SMILES string of the molecule is CCCCN(CC)Cc1ccc(O)c(OC)c1. The second-order valence-electron chi connectivity index (χ2n) is 4.23. The van der Waals surface area contributed by atoms with Crippen LogP contribution < -0.4 is 4.74 Å². The second kappa shape index (κ2) is 7.17. The largest absolute Gasteiger partial charge is 0.504 e. The van der Waals surface area contributed by atoms with Crippen LogP contribution in [0.4, 0.5) is 0 Å². The maximum atomic E-state index is 9.53. The summed E-state index contributed by atoms with van der Waals surface area (Å²) >= 11 is 0. The highest BCUT2D eigenvalue weighted by atomic mass is 16.5. The van der Waals surface area contributed by atoms with Crippen LogP contribution in [0.1, 0.15) is 32.3 Å². The summed E-state index contributed by atoms with van der Waals surface area (Å²) in [6, 6.07) is 5.55. The summed E-state index contributed by atoms with van der Waals surface area (Å²) in [5.41, 5.74) is 1.18. The molecule has 0 bridgehead atoms. The van der Waals surface area contributed by atoms with E-state index in [-0.39, 0.29) is 5.75 Å². The highest BCUT2D eigenvalue weighted by Crippen LogP contribution is 2.26. The van der Waals surface area contributed by atoms with E-state index >= 15 is 0 Å². The molecule has 0 saturated heterocycles. The lowest BCUT2D eigenvalue weighted by Crippen LogP contribution is -2.23. The molecule has 0 aromatic heterocycles. The number of nitrogens with zero attached hydrogens (tertiary/aromatic N) is 1. The van der Waals surface area contributed by atoms with Crippen LogP contribution >= 0.6 is 0 Å². The van der Waals surface area contributed by atoms with E-state index in [0.29, 0.717) is 5.75 Å². The Morgan fingerprint density at radius 2 is 2.06 bits per heavy atom.